The Kier molecular flexibility index (Phi) is 18.4. The molecule has 0 amide bonds. The maximum Gasteiger partial charge on any atom is 0.0000681 e. The van der Waals surface area contributed by atoms with Crippen LogP contribution in [0.25, 0.3) is 10.6 Å². The van der Waals surface area contributed by atoms with Crippen LogP contribution in [0.1, 0.15) is 60.6 Å². The third kappa shape index (κ3) is 16.1. The van der Waals surface area contributed by atoms with Crippen LogP contribution in [0, 0.1) is 20.8 Å². The smallest absolute Gasteiger partial charge is 0.0000681 e. The van der Waals surface area contributed by atoms with Gasteiger partial charge in [0.25, 0.3) is 0 Å². The Morgan fingerprint density at radius 2 is 0.953 bits per heavy atom. The number of aromatic nitrogens is 1. The van der Waals surface area contributed by atoms with Gasteiger partial charge in [0.15, 0.2) is 0 Å². The second kappa shape index (κ2) is 22.2. The average molecular weight is 646 g/mol. The Bertz CT molecular complexity index is 1200. The number of hydrogen-bond donors (Lipinski definition) is 0. The molecule has 1 atom stereocenters. The van der Waals surface area contributed by atoms with E-state index in [0.29, 0.717) is 6.04 Å². The molecule has 224 valence electrons. The molecule has 0 aliphatic heterocycles. The predicted octanol–water partition coefficient (Wildman–Crippen LogP) is 10.8. The van der Waals surface area contributed by atoms with Gasteiger partial charge in [-0.15, -0.1) is 49.0 Å². The third-order valence-electron chi connectivity index (χ3n) is 6.62. The SMILES string of the molecule is [CH2-]c1ccccc1.[CH2-]c1ccccc1.[CH2-]c1ccccc1.[Zr].c1ccc(C[N-]C([N-]C2CCCCC2)n2cccc2)cc1. The Balaban J connectivity index is 0.000000239. The van der Waals surface area contributed by atoms with Crippen LogP contribution < -0.4 is 0 Å². The molecule has 0 spiro atoms. The Morgan fingerprint density at radius 1 is 0.558 bits per heavy atom. The first-order chi connectivity index (χ1) is 20.6. The minimum absolute atomic E-state index is 0. The Morgan fingerprint density at radius 3 is 1.33 bits per heavy atom. The summed E-state index contributed by atoms with van der Waals surface area (Å²) in [6.07, 6.45) is 10.5. The summed E-state index contributed by atoms with van der Waals surface area (Å²) in [7, 11) is 0. The van der Waals surface area contributed by atoms with Crippen molar-refractivity contribution in [1.29, 1.82) is 0 Å². The van der Waals surface area contributed by atoms with Crippen molar-refractivity contribution in [2.75, 3.05) is 0 Å². The zero-order valence-corrected chi connectivity index (χ0v) is 27.7. The first kappa shape index (κ1) is 35.8. The van der Waals surface area contributed by atoms with Crippen LogP contribution in [0.4, 0.5) is 0 Å². The molecule has 4 heteroatoms. The van der Waals surface area contributed by atoms with Gasteiger partial charge in [-0.1, -0.05) is 86.2 Å². The van der Waals surface area contributed by atoms with Crippen molar-refractivity contribution >= 4 is 0 Å². The topological polar surface area (TPSA) is 33.1 Å². The van der Waals surface area contributed by atoms with Crippen molar-refractivity contribution in [3.05, 3.63) is 200 Å². The van der Waals surface area contributed by atoms with Crippen LogP contribution in [-0.4, -0.2) is 10.6 Å². The van der Waals surface area contributed by atoms with Crippen LogP contribution >= 0.6 is 0 Å². The molecule has 43 heavy (non-hydrogen) atoms. The fourth-order valence-corrected chi connectivity index (χ4v) is 4.34. The van der Waals surface area contributed by atoms with Crippen molar-refractivity contribution in [3.8, 4) is 0 Å². The average Bonchev–Trinajstić information content (AvgIpc) is 3.58. The molecule has 1 aliphatic rings. The summed E-state index contributed by atoms with van der Waals surface area (Å²) in [4.78, 5) is 0. The molecule has 5 aromatic rings. The van der Waals surface area contributed by atoms with Gasteiger partial charge in [0, 0.05) is 38.6 Å². The predicted molar refractivity (Wildman–Crippen MR) is 180 cm³/mol. The summed E-state index contributed by atoms with van der Waals surface area (Å²) in [5, 5.41) is 9.82. The summed E-state index contributed by atoms with van der Waals surface area (Å²) in [5.41, 5.74) is 4.46. The molecule has 1 aliphatic carbocycles. The summed E-state index contributed by atoms with van der Waals surface area (Å²) in [5.74, 6) is 0. The molecule has 1 aromatic heterocycles. The number of hydrogen-bond acceptors (Lipinski definition) is 0. The molecule has 3 nitrogen and oxygen atoms in total. The van der Waals surface area contributed by atoms with Gasteiger partial charge >= 0.3 is 0 Å². The molecule has 1 unspecified atom stereocenters. The van der Waals surface area contributed by atoms with Gasteiger partial charge in [-0.25, -0.2) is 0 Å². The minimum atomic E-state index is -0.0803. The van der Waals surface area contributed by atoms with E-state index in [-0.39, 0.29) is 32.5 Å². The number of nitrogens with zero attached hydrogens (tertiary/aromatic N) is 3. The Labute approximate surface area is 279 Å². The summed E-state index contributed by atoms with van der Waals surface area (Å²) < 4.78 is 2.11. The van der Waals surface area contributed by atoms with E-state index in [2.05, 4.69) is 62.0 Å². The van der Waals surface area contributed by atoms with Crippen LogP contribution in [0.3, 0.4) is 0 Å². The largest absolute Gasteiger partial charge is 0.658 e. The number of benzene rings is 4. The van der Waals surface area contributed by atoms with Gasteiger partial charge in [-0.3, -0.25) is 0 Å². The fraction of sp³-hybridized carbons (Fsp3) is 0.205. The molecule has 0 bridgehead atoms. The zero-order chi connectivity index (χ0) is 29.7. The van der Waals surface area contributed by atoms with E-state index < -0.39 is 0 Å². The molecular weight excluding hydrogens is 602 g/mol. The van der Waals surface area contributed by atoms with Crippen LogP contribution in [-0.2, 0) is 32.7 Å². The molecule has 0 saturated heterocycles. The number of rotatable bonds is 6. The van der Waals surface area contributed by atoms with Gasteiger partial charge in [0.2, 0.25) is 0 Å². The van der Waals surface area contributed by atoms with E-state index in [1.54, 1.807) is 0 Å². The maximum atomic E-state index is 4.99. The summed E-state index contributed by atoms with van der Waals surface area (Å²) in [6.45, 7) is 11.9. The third-order valence-corrected chi connectivity index (χ3v) is 6.62. The van der Waals surface area contributed by atoms with Gasteiger partial charge in [-0.05, 0) is 12.1 Å². The quantitative estimate of drug-likeness (QED) is 0.165. The summed E-state index contributed by atoms with van der Waals surface area (Å²) >= 11 is 0. The second-order valence-electron chi connectivity index (χ2n) is 10.2. The molecule has 0 radical (unpaired) electrons. The van der Waals surface area contributed by atoms with Gasteiger partial charge in [-0.2, -0.15) is 80.1 Å². The maximum absolute atomic E-state index is 4.99. The molecule has 6 rings (SSSR count). The van der Waals surface area contributed by atoms with Gasteiger partial charge in [0.1, 0.15) is 0 Å². The van der Waals surface area contributed by atoms with E-state index in [4.69, 9.17) is 10.6 Å². The van der Waals surface area contributed by atoms with Crippen molar-refractivity contribution < 1.29 is 26.2 Å². The molecular formula is C39H44N3Zr-5. The van der Waals surface area contributed by atoms with E-state index in [9.17, 15) is 0 Å². The van der Waals surface area contributed by atoms with Crippen molar-refractivity contribution in [2.45, 2.75) is 51.0 Å². The first-order valence-electron chi connectivity index (χ1n) is 14.7. The van der Waals surface area contributed by atoms with Crippen molar-refractivity contribution in [3.63, 3.8) is 0 Å². The summed E-state index contributed by atoms with van der Waals surface area (Å²) in [6, 6.07) is 44.6. The van der Waals surface area contributed by atoms with Crippen LogP contribution in [0.2, 0.25) is 0 Å². The van der Waals surface area contributed by atoms with E-state index in [0.717, 1.165) is 23.2 Å². The monoisotopic (exact) mass is 644 g/mol. The van der Waals surface area contributed by atoms with Gasteiger partial charge in [0.05, 0.1) is 0 Å². The van der Waals surface area contributed by atoms with Crippen molar-refractivity contribution in [2.24, 2.45) is 0 Å². The van der Waals surface area contributed by atoms with Crippen LogP contribution in [0.15, 0.2) is 146 Å². The minimum Gasteiger partial charge on any atom is -0.658 e. The standard InChI is InChI=1S/C18H23N3.3C7H7.Zr/c1-3-9-16(10-4-1)15-19-18(21-13-7-8-14-21)20-17-11-5-2-6-12-17;3*1-7-5-3-2-4-6-7;/h1,3-4,7-10,13-14,17-18H,2,5-6,11-12,15H2;3*2-6H,1H2;/q-2;3*-1;. The molecule has 0 N–H and O–H groups in total. The normalized spacial score (nSPS) is 12.8. The van der Waals surface area contributed by atoms with Gasteiger partial charge < -0.3 is 15.2 Å². The zero-order valence-electron chi connectivity index (χ0n) is 25.2. The fourth-order valence-electron chi connectivity index (χ4n) is 4.34. The van der Waals surface area contributed by atoms with Crippen molar-refractivity contribution in [1.82, 2.24) is 4.57 Å². The van der Waals surface area contributed by atoms with E-state index >= 15 is 0 Å². The molecule has 1 saturated carbocycles. The van der Waals surface area contributed by atoms with E-state index in [1.165, 1.54) is 37.7 Å². The molecule has 1 fully saturated rings. The second-order valence-corrected chi connectivity index (χ2v) is 10.2. The Hall–Kier alpha value is -3.43. The molecule has 4 aromatic carbocycles. The molecule has 1 heterocycles. The first-order valence-corrected chi connectivity index (χ1v) is 14.7. The van der Waals surface area contributed by atoms with Crippen LogP contribution in [0.5, 0.6) is 0 Å². The van der Waals surface area contributed by atoms with E-state index in [1.807, 2.05) is 109 Å².